The minimum atomic E-state index is -0.534. The molecule has 0 spiro atoms. The van der Waals surface area contributed by atoms with Gasteiger partial charge in [0.05, 0.1) is 11.5 Å². The van der Waals surface area contributed by atoms with Gasteiger partial charge in [-0.1, -0.05) is 12.1 Å². The van der Waals surface area contributed by atoms with Crippen LogP contribution in [0.2, 0.25) is 0 Å². The predicted molar refractivity (Wildman–Crippen MR) is 67.3 cm³/mol. The van der Waals surface area contributed by atoms with Crippen molar-refractivity contribution in [3.8, 4) is 0 Å². The molecule has 0 saturated carbocycles. The van der Waals surface area contributed by atoms with Crippen LogP contribution in [0.25, 0.3) is 0 Å². The van der Waals surface area contributed by atoms with E-state index in [1.165, 1.54) is 22.8 Å². The lowest BCUT2D eigenvalue weighted by Crippen LogP contribution is -2.18. The lowest BCUT2D eigenvalue weighted by atomic mass is 10.1. The molecule has 0 unspecified atom stereocenters. The minimum absolute atomic E-state index is 0.0986. The predicted octanol–water partition coefficient (Wildman–Crippen LogP) is 1.39. The van der Waals surface area contributed by atoms with Gasteiger partial charge >= 0.3 is 0 Å². The number of rotatable bonds is 3. The van der Waals surface area contributed by atoms with Crippen LogP contribution in [-0.2, 0) is 6.54 Å². The largest absolute Gasteiger partial charge is 0.393 e. The summed E-state index contributed by atoms with van der Waals surface area (Å²) in [5.41, 5.74) is 6.17. The molecule has 0 amide bonds. The van der Waals surface area contributed by atoms with Crippen LogP contribution >= 0.6 is 0 Å². The quantitative estimate of drug-likeness (QED) is 0.502. The molecule has 2 aromatic rings. The summed E-state index contributed by atoms with van der Waals surface area (Å²) in [6, 6.07) is 9.30. The molecule has 2 rings (SSSR count). The van der Waals surface area contributed by atoms with Crippen LogP contribution in [0.15, 0.2) is 47.4 Å². The molecule has 2 N–H and O–H groups in total. The van der Waals surface area contributed by atoms with Crippen LogP contribution in [0.5, 0.6) is 0 Å². The Morgan fingerprint density at radius 2 is 2.06 bits per heavy atom. The van der Waals surface area contributed by atoms with Gasteiger partial charge in [0.2, 0.25) is 0 Å². The monoisotopic (exact) mass is 245 g/mol. The third-order valence-corrected chi connectivity index (χ3v) is 2.54. The number of nitrogen functional groups attached to an aromatic ring is 1. The van der Waals surface area contributed by atoms with Gasteiger partial charge in [-0.05, 0) is 17.7 Å². The van der Waals surface area contributed by atoms with Gasteiger partial charge in [0.1, 0.15) is 5.69 Å². The smallest absolute Gasteiger partial charge is 0.292 e. The number of hydrogen-bond acceptors (Lipinski definition) is 4. The van der Waals surface area contributed by atoms with Gasteiger partial charge in [-0.25, -0.2) is 0 Å². The zero-order valence-corrected chi connectivity index (χ0v) is 9.45. The zero-order chi connectivity index (χ0) is 13.1. The fraction of sp³-hybridized carbons (Fsp3) is 0.0833. The summed E-state index contributed by atoms with van der Waals surface area (Å²) in [5, 5.41) is 10.6. The number of aromatic nitrogens is 1. The number of nitro groups is 1. The summed E-state index contributed by atoms with van der Waals surface area (Å²) in [5.74, 6) is 0. The van der Waals surface area contributed by atoms with E-state index in [0.29, 0.717) is 6.54 Å². The first-order valence-corrected chi connectivity index (χ1v) is 5.26. The zero-order valence-electron chi connectivity index (χ0n) is 9.45. The molecule has 6 nitrogen and oxygen atoms in total. The maximum atomic E-state index is 11.5. The summed E-state index contributed by atoms with van der Waals surface area (Å²) in [6.45, 7) is 0.335. The van der Waals surface area contributed by atoms with Crippen molar-refractivity contribution >= 4 is 11.4 Å². The molecule has 0 aliphatic rings. The van der Waals surface area contributed by atoms with E-state index in [-0.39, 0.29) is 16.9 Å². The van der Waals surface area contributed by atoms with Gasteiger partial charge in [-0.3, -0.25) is 14.9 Å². The molecule has 6 heteroatoms. The van der Waals surface area contributed by atoms with Gasteiger partial charge < -0.3 is 10.3 Å². The van der Waals surface area contributed by atoms with E-state index in [9.17, 15) is 14.9 Å². The molecule has 0 saturated heterocycles. The molecule has 92 valence electrons. The maximum absolute atomic E-state index is 11.5. The topological polar surface area (TPSA) is 91.2 Å². The van der Waals surface area contributed by atoms with Gasteiger partial charge in [0, 0.05) is 18.3 Å². The van der Waals surface area contributed by atoms with Gasteiger partial charge in [0.15, 0.2) is 0 Å². The van der Waals surface area contributed by atoms with Crippen LogP contribution in [0.4, 0.5) is 11.4 Å². The average Bonchev–Trinajstić information content (AvgIpc) is 2.32. The lowest BCUT2D eigenvalue weighted by Gasteiger charge is -2.06. The summed E-state index contributed by atoms with van der Waals surface area (Å²) in [7, 11) is 0. The van der Waals surface area contributed by atoms with Gasteiger partial charge in [-0.15, -0.1) is 0 Å². The van der Waals surface area contributed by atoms with Crippen molar-refractivity contribution in [3.05, 3.63) is 68.6 Å². The molecular formula is C12H11N3O3. The van der Waals surface area contributed by atoms with Crippen molar-refractivity contribution < 1.29 is 4.92 Å². The first kappa shape index (κ1) is 11.8. The fourth-order valence-corrected chi connectivity index (χ4v) is 1.66. The van der Waals surface area contributed by atoms with Crippen LogP contribution in [0.3, 0.4) is 0 Å². The molecule has 1 heterocycles. The first-order valence-electron chi connectivity index (χ1n) is 5.26. The molecule has 1 aromatic carbocycles. The Hall–Kier alpha value is -2.63. The molecule has 0 radical (unpaired) electrons. The van der Waals surface area contributed by atoms with Crippen LogP contribution in [0.1, 0.15) is 5.56 Å². The Labute approximate surface area is 102 Å². The van der Waals surface area contributed by atoms with Crippen LogP contribution in [-0.4, -0.2) is 9.49 Å². The van der Waals surface area contributed by atoms with E-state index in [4.69, 9.17) is 5.73 Å². The van der Waals surface area contributed by atoms with Crippen molar-refractivity contribution in [1.29, 1.82) is 0 Å². The summed E-state index contributed by atoms with van der Waals surface area (Å²) in [6.07, 6.45) is 1.65. The highest BCUT2D eigenvalue weighted by molar-refractivity contribution is 5.59. The Kier molecular flexibility index (Phi) is 3.09. The van der Waals surface area contributed by atoms with Gasteiger partial charge in [0.25, 0.3) is 11.2 Å². The second-order valence-corrected chi connectivity index (χ2v) is 3.82. The molecule has 0 fully saturated rings. The van der Waals surface area contributed by atoms with Crippen molar-refractivity contribution in [3.63, 3.8) is 0 Å². The Balaban J connectivity index is 2.31. The highest BCUT2D eigenvalue weighted by atomic mass is 16.6. The van der Waals surface area contributed by atoms with Crippen molar-refractivity contribution in [2.24, 2.45) is 0 Å². The number of pyridine rings is 1. The van der Waals surface area contributed by atoms with E-state index >= 15 is 0 Å². The normalized spacial score (nSPS) is 10.2. The number of hydrogen-bond donors (Lipinski definition) is 1. The molecule has 1 aromatic heterocycles. The molecule has 0 bridgehead atoms. The molecule has 18 heavy (non-hydrogen) atoms. The van der Waals surface area contributed by atoms with Crippen LogP contribution < -0.4 is 11.3 Å². The van der Waals surface area contributed by atoms with Crippen LogP contribution in [0, 0.1) is 10.1 Å². The number of nitro benzene ring substituents is 1. The fourth-order valence-electron chi connectivity index (χ4n) is 1.66. The molecule has 0 aliphatic carbocycles. The van der Waals surface area contributed by atoms with Gasteiger partial charge in [-0.2, -0.15) is 0 Å². The average molecular weight is 245 g/mol. The summed E-state index contributed by atoms with van der Waals surface area (Å²) < 4.78 is 1.50. The standard InChI is InChI=1S/C12H11N3O3/c13-10-7-9(4-5-11(10)15(17)18)8-14-6-2-1-3-12(14)16/h1-7H,8,13H2. The Morgan fingerprint density at radius 1 is 1.28 bits per heavy atom. The lowest BCUT2D eigenvalue weighted by molar-refractivity contribution is -0.383. The minimum Gasteiger partial charge on any atom is -0.393 e. The van der Waals surface area contributed by atoms with Crippen molar-refractivity contribution in [1.82, 2.24) is 4.57 Å². The highest BCUT2D eigenvalue weighted by Gasteiger charge is 2.11. The summed E-state index contributed by atoms with van der Waals surface area (Å²) >= 11 is 0. The number of nitrogens with zero attached hydrogens (tertiary/aromatic N) is 2. The maximum Gasteiger partial charge on any atom is 0.292 e. The number of anilines is 1. The third kappa shape index (κ3) is 2.37. The van der Waals surface area contributed by atoms with E-state index in [1.54, 1.807) is 24.4 Å². The van der Waals surface area contributed by atoms with E-state index in [0.717, 1.165) is 5.56 Å². The third-order valence-electron chi connectivity index (χ3n) is 2.54. The van der Waals surface area contributed by atoms with E-state index < -0.39 is 4.92 Å². The second kappa shape index (κ2) is 4.70. The molecule has 0 atom stereocenters. The highest BCUT2D eigenvalue weighted by Crippen LogP contribution is 2.22. The van der Waals surface area contributed by atoms with Crippen molar-refractivity contribution in [2.45, 2.75) is 6.54 Å². The Morgan fingerprint density at radius 3 is 2.67 bits per heavy atom. The first-order chi connectivity index (χ1) is 8.58. The van der Waals surface area contributed by atoms with Crippen molar-refractivity contribution in [2.75, 3.05) is 5.73 Å². The Bertz CT molecular complexity index is 649. The van der Waals surface area contributed by atoms with E-state index in [2.05, 4.69) is 0 Å². The number of nitrogens with two attached hydrogens (primary N) is 1. The summed E-state index contributed by atoms with van der Waals surface area (Å²) in [4.78, 5) is 21.6. The molecule has 0 aliphatic heterocycles. The number of benzene rings is 1. The molecular weight excluding hydrogens is 234 g/mol. The second-order valence-electron chi connectivity index (χ2n) is 3.82. The SMILES string of the molecule is Nc1cc(Cn2ccccc2=O)ccc1[N+](=O)[O-]. The van der Waals surface area contributed by atoms with E-state index in [1.807, 2.05) is 0 Å².